The number of rotatable bonds is 5. The summed E-state index contributed by atoms with van der Waals surface area (Å²) < 4.78 is 13.0. The van der Waals surface area contributed by atoms with Crippen LogP contribution >= 0.6 is 0 Å². The fourth-order valence-electron chi connectivity index (χ4n) is 3.05. The molecule has 0 unspecified atom stereocenters. The zero-order valence-electron chi connectivity index (χ0n) is 14.5. The van der Waals surface area contributed by atoms with Gasteiger partial charge in [0.25, 0.3) is 0 Å². The molecule has 2 aromatic carbocycles. The fourth-order valence-corrected chi connectivity index (χ4v) is 3.05. The predicted molar refractivity (Wildman–Crippen MR) is 104 cm³/mol. The Morgan fingerprint density at radius 1 is 1.12 bits per heavy atom. The number of nitrogens with one attached hydrogen (secondary N) is 2. The van der Waals surface area contributed by atoms with Gasteiger partial charge in [0.1, 0.15) is 5.82 Å². The monoisotopic (exact) mass is 348 g/mol. The molecule has 3 rings (SSSR count). The number of nitrogens with zero attached hydrogens (tertiary/aromatic N) is 2. The van der Waals surface area contributed by atoms with Crippen LogP contribution in [-0.2, 0) is 0 Å². The minimum atomic E-state index is -0.277. The minimum absolute atomic E-state index is 0.176. The van der Waals surface area contributed by atoms with E-state index in [0.717, 1.165) is 48.4 Å². The Labute approximate surface area is 153 Å². The molecule has 0 atom stereocenters. The molecule has 1 aliphatic rings. The molecule has 0 saturated carbocycles. The highest BCUT2D eigenvalue weighted by molar-refractivity contribution is 6.08. The lowest BCUT2D eigenvalue weighted by atomic mass is 9.98. The second-order valence-corrected chi connectivity index (χ2v) is 6.33. The standard InChI is InChI=1S/C21H21FN4/c22-19-3-5-20(6-4-19)25-15-18(14-24)17-1-7-21(8-2-17)26-11-9-16(13-23)10-12-26/h1-8,14-16,24-25H,9-12H2/b18-15+,24-14?. The Balaban J connectivity index is 1.68. The first-order chi connectivity index (χ1) is 12.7. The van der Waals surface area contributed by atoms with Gasteiger partial charge in [0, 0.05) is 48.4 Å². The molecule has 132 valence electrons. The number of allylic oxidation sites excluding steroid dienone is 1. The van der Waals surface area contributed by atoms with Gasteiger partial charge in [0.15, 0.2) is 0 Å². The quantitative estimate of drug-likeness (QED) is 0.772. The highest BCUT2D eigenvalue weighted by Gasteiger charge is 2.18. The molecule has 2 aromatic rings. The molecule has 0 radical (unpaired) electrons. The predicted octanol–water partition coefficient (Wildman–Crippen LogP) is 4.67. The van der Waals surface area contributed by atoms with Crippen LogP contribution in [-0.4, -0.2) is 19.3 Å². The zero-order valence-corrected chi connectivity index (χ0v) is 14.5. The molecule has 2 N–H and O–H groups in total. The summed E-state index contributed by atoms with van der Waals surface area (Å²) in [5.74, 6) is -0.100. The summed E-state index contributed by atoms with van der Waals surface area (Å²) in [6.45, 7) is 1.80. The van der Waals surface area contributed by atoms with Crippen LogP contribution in [0.1, 0.15) is 18.4 Å². The zero-order chi connectivity index (χ0) is 18.4. The number of hydrogen-bond donors (Lipinski definition) is 2. The number of piperidine rings is 1. The first-order valence-corrected chi connectivity index (χ1v) is 8.67. The molecule has 1 heterocycles. The molecule has 0 aliphatic carbocycles. The molecule has 0 aromatic heterocycles. The van der Waals surface area contributed by atoms with Gasteiger partial charge in [-0.1, -0.05) is 12.1 Å². The molecule has 0 spiro atoms. The van der Waals surface area contributed by atoms with Crippen LogP contribution in [0.3, 0.4) is 0 Å². The van der Waals surface area contributed by atoms with Crippen molar-refractivity contribution in [2.24, 2.45) is 5.92 Å². The summed E-state index contributed by atoms with van der Waals surface area (Å²) in [4.78, 5) is 2.29. The Bertz CT molecular complexity index is 811. The smallest absolute Gasteiger partial charge is 0.123 e. The van der Waals surface area contributed by atoms with Gasteiger partial charge in [-0.2, -0.15) is 5.26 Å². The van der Waals surface area contributed by atoms with Gasteiger partial charge in [-0.15, -0.1) is 0 Å². The average Bonchev–Trinajstić information content (AvgIpc) is 2.70. The summed E-state index contributed by atoms with van der Waals surface area (Å²) in [6.07, 6.45) is 4.86. The van der Waals surface area contributed by atoms with Crippen LogP contribution in [0.25, 0.3) is 5.57 Å². The number of benzene rings is 2. The fraction of sp³-hybridized carbons (Fsp3) is 0.238. The van der Waals surface area contributed by atoms with Gasteiger partial charge in [0.05, 0.1) is 6.07 Å². The number of anilines is 2. The Hall–Kier alpha value is -3.13. The van der Waals surface area contributed by atoms with Gasteiger partial charge in [-0.3, -0.25) is 0 Å². The molecule has 0 amide bonds. The van der Waals surface area contributed by atoms with Crippen LogP contribution in [0.15, 0.2) is 54.7 Å². The molecular formula is C21H21FN4. The Kier molecular flexibility index (Phi) is 5.65. The maximum Gasteiger partial charge on any atom is 0.123 e. The molecule has 1 fully saturated rings. The summed E-state index contributed by atoms with van der Waals surface area (Å²) in [7, 11) is 0. The third-order valence-corrected chi connectivity index (χ3v) is 4.64. The topological polar surface area (TPSA) is 62.9 Å². The normalized spacial score (nSPS) is 15.4. The van der Waals surface area contributed by atoms with Crippen molar-refractivity contribution < 1.29 is 4.39 Å². The summed E-state index contributed by atoms with van der Waals surface area (Å²) in [5.41, 5.74) is 3.58. The Morgan fingerprint density at radius 2 is 1.77 bits per heavy atom. The lowest BCUT2D eigenvalue weighted by Crippen LogP contribution is -2.33. The maximum absolute atomic E-state index is 13.0. The van der Waals surface area contributed by atoms with Crippen molar-refractivity contribution >= 4 is 23.2 Å². The molecular weight excluding hydrogens is 327 g/mol. The molecule has 1 saturated heterocycles. The third kappa shape index (κ3) is 4.28. The largest absolute Gasteiger partial charge is 0.371 e. The molecule has 4 nitrogen and oxygen atoms in total. The van der Waals surface area contributed by atoms with Gasteiger partial charge in [-0.25, -0.2) is 4.39 Å². The molecule has 1 aliphatic heterocycles. The van der Waals surface area contributed by atoms with Crippen LogP contribution in [0.4, 0.5) is 15.8 Å². The van der Waals surface area contributed by atoms with Gasteiger partial charge < -0.3 is 15.6 Å². The van der Waals surface area contributed by atoms with Crippen molar-refractivity contribution in [3.63, 3.8) is 0 Å². The van der Waals surface area contributed by atoms with E-state index in [9.17, 15) is 4.39 Å². The first kappa shape index (κ1) is 17.7. The van der Waals surface area contributed by atoms with E-state index < -0.39 is 0 Å². The van der Waals surface area contributed by atoms with E-state index >= 15 is 0 Å². The van der Waals surface area contributed by atoms with Gasteiger partial charge >= 0.3 is 0 Å². The van der Waals surface area contributed by atoms with Crippen molar-refractivity contribution in [1.29, 1.82) is 10.7 Å². The van der Waals surface area contributed by atoms with Gasteiger partial charge in [-0.05, 0) is 54.8 Å². The third-order valence-electron chi connectivity index (χ3n) is 4.64. The SMILES string of the molecule is N#CC1CCN(c2ccc(/C(C=N)=C/Nc3ccc(F)cc3)cc2)CC1. The average molecular weight is 348 g/mol. The second-order valence-electron chi connectivity index (χ2n) is 6.33. The summed E-state index contributed by atoms with van der Waals surface area (Å²) in [6, 6.07) is 16.5. The minimum Gasteiger partial charge on any atom is -0.371 e. The summed E-state index contributed by atoms with van der Waals surface area (Å²) in [5, 5.41) is 19.7. The van der Waals surface area contributed by atoms with Crippen molar-refractivity contribution in [3.8, 4) is 6.07 Å². The van der Waals surface area contributed by atoms with E-state index in [2.05, 4.69) is 28.4 Å². The van der Waals surface area contributed by atoms with Crippen LogP contribution in [0.2, 0.25) is 0 Å². The lowest BCUT2D eigenvalue weighted by Gasteiger charge is -2.31. The van der Waals surface area contributed by atoms with E-state index in [0.29, 0.717) is 0 Å². The first-order valence-electron chi connectivity index (χ1n) is 8.67. The highest BCUT2D eigenvalue weighted by Crippen LogP contribution is 2.24. The van der Waals surface area contributed by atoms with Crippen molar-refractivity contribution in [3.05, 3.63) is 66.1 Å². The number of halogens is 1. The van der Waals surface area contributed by atoms with E-state index in [1.807, 2.05) is 12.1 Å². The van der Waals surface area contributed by atoms with Gasteiger partial charge in [0.2, 0.25) is 0 Å². The maximum atomic E-state index is 13.0. The van der Waals surface area contributed by atoms with Crippen molar-refractivity contribution in [2.45, 2.75) is 12.8 Å². The van der Waals surface area contributed by atoms with E-state index in [-0.39, 0.29) is 11.7 Å². The van der Waals surface area contributed by atoms with Crippen LogP contribution in [0.5, 0.6) is 0 Å². The van der Waals surface area contributed by atoms with Crippen LogP contribution < -0.4 is 10.2 Å². The van der Waals surface area contributed by atoms with Crippen molar-refractivity contribution in [2.75, 3.05) is 23.3 Å². The summed E-state index contributed by atoms with van der Waals surface area (Å²) >= 11 is 0. The lowest BCUT2D eigenvalue weighted by molar-refractivity contribution is 0.488. The highest BCUT2D eigenvalue weighted by atomic mass is 19.1. The van der Waals surface area contributed by atoms with Crippen molar-refractivity contribution in [1.82, 2.24) is 0 Å². The number of nitriles is 1. The van der Waals surface area contributed by atoms with E-state index in [1.54, 1.807) is 18.3 Å². The van der Waals surface area contributed by atoms with E-state index in [4.69, 9.17) is 10.7 Å². The number of hydrogen-bond acceptors (Lipinski definition) is 4. The molecule has 5 heteroatoms. The second kappa shape index (κ2) is 8.30. The van der Waals surface area contributed by atoms with Crippen LogP contribution in [0, 0.1) is 28.5 Å². The van der Waals surface area contributed by atoms with E-state index in [1.165, 1.54) is 18.3 Å². The Morgan fingerprint density at radius 3 is 2.35 bits per heavy atom. The molecule has 26 heavy (non-hydrogen) atoms. The molecule has 0 bridgehead atoms.